The highest BCUT2D eigenvalue weighted by atomic mass is 16.3. The SMILES string of the molecule is Cc1cc(C(C)NC(=O)C=Cc2cn(CCC#N)c3ccccc23)c(C)o1. The minimum absolute atomic E-state index is 0.128. The zero-order valence-corrected chi connectivity index (χ0v) is 15.8. The summed E-state index contributed by atoms with van der Waals surface area (Å²) in [6, 6.07) is 12.0. The van der Waals surface area contributed by atoms with Crippen LogP contribution in [0, 0.1) is 25.2 Å². The number of nitrogens with one attached hydrogen (secondary N) is 1. The molecule has 0 saturated heterocycles. The molecule has 1 unspecified atom stereocenters. The number of benzene rings is 1. The molecule has 1 atom stereocenters. The van der Waals surface area contributed by atoms with Crippen molar-refractivity contribution >= 4 is 22.9 Å². The van der Waals surface area contributed by atoms with Crippen LogP contribution in [0.1, 0.15) is 42.0 Å². The molecule has 0 spiro atoms. The van der Waals surface area contributed by atoms with Crippen molar-refractivity contribution in [2.24, 2.45) is 0 Å². The number of nitrogens with zero attached hydrogens (tertiary/aromatic N) is 2. The van der Waals surface area contributed by atoms with E-state index in [1.807, 2.05) is 63.4 Å². The summed E-state index contributed by atoms with van der Waals surface area (Å²) in [7, 11) is 0. The molecule has 0 bridgehead atoms. The van der Waals surface area contributed by atoms with E-state index >= 15 is 0 Å². The lowest BCUT2D eigenvalue weighted by atomic mass is 10.1. The summed E-state index contributed by atoms with van der Waals surface area (Å²) in [6.07, 6.45) is 5.80. The fourth-order valence-electron chi connectivity index (χ4n) is 3.35. The van der Waals surface area contributed by atoms with Gasteiger partial charge in [0, 0.05) is 40.8 Å². The molecule has 5 heteroatoms. The summed E-state index contributed by atoms with van der Waals surface area (Å²) in [5.74, 6) is 1.50. The first kappa shape index (κ1) is 18.5. The van der Waals surface area contributed by atoms with Gasteiger partial charge in [-0.15, -0.1) is 0 Å². The summed E-state index contributed by atoms with van der Waals surface area (Å²) >= 11 is 0. The molecule has 1 N–H and O–H groups in total. The van der Waals surface area contributed by atoms with Crippen molar-refractivity contribution < 1.29 is 9.21 Å². The quantitative estimate of drug-likeness (QED) is 0.649. The number of carbonyl (C=O) groups is 1. The second-order valence-corrected chi connectivity index (χ2v) is 6.64. The van der Waals surface area contributed by atoms with Crippen LogP contribution in [0.15, 0.2) is 47.0 Å². The van der Waals surface area contributed by atoms with E-state index in [4.69, 9.17) is 9.68 Å². The normalized spacial score (nSPS) is 12.4. The molecule has 0 radical (unpaired) electrons. The average Bonchev–Trinajstić information content (AvgIpc) is 3.17. The maximum absolute atomic E-state index is 12.4. The average molecular weight is 361 g/mol. The molecule has 3 rings (SSSR count). The minimum Gasteiger partial charge on any atom is -0.466 e. The first-order valence-electron chi connectivity index (χ1n) is 9.00. The van der Waals surface area contributed by atoms with E-state index in [9.17, 15) is 4.79 Å². The van der Waals surface area contributed by atoms with E-state index < -0.39 is 0 Å². The maximum atomic E-state index is 12.4. The number of fused-ring (bicyclic) bond motifs is 1. The van der Waals surface area contributed by atoms with Crippen molar-refractivity contribution in [3.05, 3.63) is 65.3 Å². The molecule has 0 fully saturated rings. The molecule has 27 heavy (non-hydrogen) atoms. The molecule has 0 saturated carbocycles. The third kappa shape index (κ3) is 4.12. The maximum Gasteiger partial charge on any atom is 0.244 e. The van der Waals surface area contributed by atoms with Gasteiger partial charge >= 0.3 is 0 Å². The highest BCUT2D eigenvalue weighted by Crippen LogP contribution is 2.23. The van der Waals surface area contributed by atoms with Crippen molar-refractivity contribution in [3.63, 3.8) is 0 Å². The van der Waals surface area contributed by atoms with E-state index in [1.54, 1.807) is 6.08 Å². The van der Waals surface area contributed by atoms with Crippen molar-refractivity contribution in [3.8, 4) is 6.07 Å². The topological polar surface area (TPSA) is 71.0 Å². The molecular formula is C22H23N3O2. The Kier molecular flexibility index (Phi) is 5.46. The molecule has 0 aliphatic rings. The van der Waals surface area contributed by atoms with E-state index in [2.05, 4.69) is 16.0 Å². The molecular weight excluding hydrogens is 338 g/mol. The van der Waals surface area contributed by atoms with Crippen LogP contribution in [0.2, 0.25) is 0 Å². The zero-order chi connectivity index (χ0) is 19.4. The van der Waals surface area contributed by atoms with E-state index in [0.717, 1.165) is 33.6 Å². The summed E-state index contributed by atoms with van der Waals surface area (Å²) in [4.78, 5) is 12.4. The van der Waals surface area contributed by atoms with Gasteiger partial charge in [-0.2, -0.15) is 5.26 Å². The summed E-state index contributed by atoms with van der Waals surface area (Å²) in [6.45, 7) is 6.37. The number of carbonyl (C=O) groups excluding carboxylic acids is 1. The van der Waals surface area contributed by atoms with Crippen LogP contribution in [0.25, 0.3) is 17.0 Å². The predicted molar refractivity (Wildman–Crippen MR) is 106 cm³/mol. The highest BCUT2D eigenvalue weighted by Gasteiger charge is 2.14. The number of rotatable bonds is 6. The fraction of sp³-hybridized carbons (Fsp3) is 0.273. The van der Waals surface area contributed by atoms with Gasteiger partial charge in [0.1, 0.15) is 11.5 Å². The third-order valence-electron chi connectivity index (χ3n) is 4.60. The van der Waals surface area contributed by atoms with Crippen LogP contribution in [-0.4, -0.2) is 10.5 Å². The van der Waals surface area contributed by atoms with Crippen LogP contribution in [0.5, 0.6) is 0 Å². The number of aromatic nitrogens is 1. The monoisotopic (exact) mass is 361 g/mol. The Morgan fingerprint density at radius 3 is 2.85 bits per heavy atom. The third-order valence-corrected chi connectivity index (χ3v) is 4.60. The van der Waals surface area contributed by atoms with E-state index in [-0.39, 0.29) is 11.9 Å². The van der Waals surface area contributed by atoms with Crippen molar-refractivity contribution in [2.45, 2.75) is 39.8 Å². The molecule has 5 nitrogen and oxygen atoms in total. The molecule has 3 aromatic rings. The molecule has 138 valence electrons. The smallest absolute Gasteiger partial charge is 0.244 e. The van der Waals surface area contributed by atoms with Crippen molar-refractivity contribution in [1.29, 1.82) is 5.26 Å². The fourth-order valence-corrected chi connectivity index (χ4v) is 3.35. The number of nitriles is 1. The number of amides is 1. The Balaban J connectivity index is 1.76. The number of hydrogen-bond donors (Lipinski definition) is 1. The van der Waals surface area contributed by atoms with Gasteiger partial charge in [-0.3, -0.25) is 4.79 Å². The molecule has 2 aromatic heterocycles. The largest absolute Gasteiger partial charge is 0.466 e. The Bertz CT molecular complexity index is 1030. The molecule has 1 amide bonds. The van der Waals surface area contributed by atoms with E-state index in [1.165, 1.54) is 0 Å². The molecule has 1 aromatic carbocycles. The van der Waals surface area contributed by atoms with Crippen LogP contribution in [-0.2, 0) is 11.3 Å². The molecule has 0 aliphatic heterocycles. The van der Waals surface area contributed by atoms with Gasteiger partial charge in [-0.25, -0.2) is 0 Å². The van der Waals surface area contributed by atoms with Crippen molar-refractivity contribution in [2.75, 3.05) is 0 Å². The highest BCUT2D eigenvalue weighted by molar-refractivity contribution is 5.96. The Morgan fingerprint density at radius 2 is 2.15 bits per heavy atom. The number of para-hydroxylation sites is 1. The van der Waals surface area contributed by atoms with Gasteiger partial charge in [-0.1, -0.05) is 18.2 Å². The van der Waals surface area contributed by atoms with Gasteiger partial charge in [0.05, 0.1) is 18.5 Å². The summed E-state index contributed by atoms with van der Waals surface area (Å²) < 4.78 is 7.59. The van der Waals surface area contributed by atoms with Gasteiger partial charge in [0.2, 0.25) is 5.91 Å². The second-order valence-electron chi connectivity index (χ2n) is 6.64. The standard InChI is InChI=1S/C22H23N3O2/c1-15-13-20(17(3)27-15)16(2)24-22(26)10-9-18-14-25(12-6-11-23)21-8-5-4-7-19(18)21/h4-5,7-10,13-14,16H,6,12H2,1-3H3,(H,24,26). The van der Waals surface area contributed by atoms with Gasteiger partial charge in [0.15, 0.2) is 0 Å². The summed E-state index contributed by atoms with van der Waals surface area (Å²) in [5, 5.41) is 12.9. The Morgan fingerprint density at radius 1 is 1.37 bits per heavy atom. The lowest BCUT2D eigenvalue weighted by molar-refractivity contribution is -0.117. The lowest BCUT2D eigenvalue weighted by Gasteiger charge is -2.11. The summed E-state index contributed by atoms with van der Waals surface area (Å²) in [5.41, 5.74) is 3.01. The zero-order valence-electron chi connectivity index (χ0n) is 15.8. The first-order valence-corrected chi connectivity index (χ1v) is 9.00. The van der Waals surface area contributed by atoms with Gasteiger partial charge in [-0.05, 0) is 39.0 Å². The molecule has 2 heterocycles. The van der Waals surface area contributed by atoms with Crippen LogP contribution in [0.3, 0.4) is 0 Å². The Hall–Kier alpha value is -3.26. The van der Waals surface area contributed by atoms with Gasteiger partial charge in [0.25, 0.3) is 0 Å². The van der Waals surface area contributed by atoms with E-state index in [0.29, 0.717) is 13.0 Å². The first-order chi connectivity index (χ1) is 13.0. The second kappa shape index (κ2) is 7.96. The van der Waals surface area contributed by atoms with Crippen molar-refractivity contribution in [1.82, 2.24) is 9.88 Å². The Labute approximate surface area is 158 Å². The van der Waals surface area contributed by atoms with Crippen LogP contribution in [0.4, 0.5) is 0 Å². The van der Waals surface area contributed by atoms with Crippen LogP contribution >= 0.6 is 0 Å². The minimum atomic E-state index is -0.158. The lowest BCUT2D eigenvalue weighted by Crippen LogP contribution is -2.24. The van der Waals surface area contributed by atoms with Crippen LogP contribution < -0.4 is 5.32 Å². The number of hydrogen-bond acceptors (Lipinski definition) is 3. The van der Waals surface area contributed by atoms with Gasteiger partial charge < -0.3 is 14.3 Å². The predicted octanol–water partition coefficient (Wildman–Crippen LogP) is 4.66. The number of aryl methyl sites for hydroxylation is 3. The molecule has 0 aliphatic carbocycles. The number of furan rings is 1.